The van der Waals surface area contributed by atoms with E-state index in [1.807, 2.05) is 0 Å². The third kappa shape index (κ3) is 10.1. The largest absolute Gasteiger partial charge is 0.494 e. The lowest BCUT2D eigenvalue weighted by Crippen LogP contribution is -2.05. The molecule has 0 amide bonds. The lowest BCUT2D eigenvalue weighted by molar-refractivity contribution is 0.416. The van der Waals surface area contributed by atoms with Crippen molar-refractivity contribution in [3.63, 3.8) is 0 Å². The minimum Gasteiger partial charge on any atom is -0.494 e. The van der Waals surface area contributed by atoms with Gasteiger partial charge in [-0.1, -0.05) is 35.9 Å². The van der Waals surface area contributed by atoms with Crippen LogP contribution in [0.3, 0.4) is 0 Å². The Labute approximate surface area is 358 Å². The summed E-state index contributed by atoms with van der Waals surface area (Å²) in [5.41, 5.74) is 1.03. The van der Waals surface area contributed by atoms with Crippen LogP contribution in [-0.2, 0) is 46.9 Å². The molecule has 0 aliphatic heterocycles. The van der Waals surface area contributed by atoms with Gasteiger partial charge in [0.2, 0.25) is 0 Å². The number of pyridine rings is 1. The van der Waals surface area contributed by atoms with E-state index >= 15 is 0 Å². The number of hydrogen-bond acceptors (Lipinski definition) is 16. The molecule has 5 aromatic carbocycles. The van der Waals surface area contributed by atoms with Gasteiger partial charge >= 0.3 is 0 Å². The summed E-state index contributed by atoms with van der Waals surface area (Å²) < 4.78 is 139. The molecule has 0 bridgehead atoms. The minimum atomic E-state index is -4.94. The van der Waals surface area contributed by atoms with E-state index in [9.17, 15) is 57.1 Å². The van der Waals surface area contributed by atoms with Gasteiger partial charge in [-0.05, 0) is 73.2 Å². The smallest absolute Gasteiger partial charge is 0.295 e. The van der Waals surface area contributed by atoms with Crippen LogP contribution in [-0.4, -0.2) is 64.0 Å². The zero-order valence-corrected chi connectivity index (χ0v) is 35.5. The standard InChI is InChI=1S/C37H28ClN7O13S4/c1-20-28(19-39)30(14-21-6-10-24(11-7-21)59(46,47)48)41-37(40-22-8-12-25(13-9-22)60(49,50)51)36(20)45-44-32-17-29(38)31(18-33(32)58-2)43-42-23-15-27-26(35(16-23)62(55,56)57)4-3-5-34(27)61(52,53)54/h3-13,15-18H,14H2,1-2H3,(H,40,41)(H,46,47,48)(H,49,50,51)(H,52,53,54)(H,55,56,57). The van der Waals surface area contributed by atoms with Crippen LogP contribution in [0.5, 0.6) is 5.75 Å². The first-order valence-corrected chi connectivity index (χ1v) is 23.2. The van der Waals surface area contributed by atoms with Gasteiger partial charge in [-0.25, -0.2) is 4.98 Å². The molecule has 320 valence electrons. The van der Waals surface area contributed by atoms with Gasteiger partial charge in [-0.15, -0.1) is 15.3 Å². The van der Waals surface area contributed by atoms with Crippen molar-refractivity contribution in [2.24, 2.45) is 20.5 Å². The van der Waals surface area contributed by atoms with Gasteiger partial charge in [0.1, 0.15) is 38.7 Å². The summed E-state index contributed by atoms with van der Waals surface area (Å²) in [4.78, 5) is 2.52. The van der Waals surface area contributed by atoms with Gasteiger partial charge in [0.15, 0.2) is 5.82 Å². The van der Waals surface area contributed by atoms with Crippen molar-refractivity contribution in [3.8, 4) is 11.8 Å². The Hall–Kier alpha value is -6.27. The molecular weight excluding hydrogens is 914 g/mol. The Kier molecular flexibility index (Phi) is 12.6. The molecule has 0 fully saturated rings. The Balaban J connectivity index is 1.41. The fourth-order valence-corrected chi connectivity index (χ4v) is 8.51. The van der Waals surface area contributed by atoms with Gasteiger partial charge in [-0.2, -0.15) is 44.0 Å². The monoisotopic (exact) mass is 941 g/mol. The van der Waals surface area contributed by atoms with Crippen LogP contribution in [0.2, 0.25) is 5.02 Å². The Morgan fingerprint density at radius 1 is 0.710 bits per heavy atom. The van der Waals surface area contributed by atoms with E-state index in [1.54, 1.807) is 6.92 Å². The molecule has 62 heavy (non-hydrogen) atoms. The Morgan fingerprint density at radius 3 is 1.87 bits per heavy atom. The summed E-state index contributed by atoms with van der Waals surface area (Å²) in [6, 6.07) is 20.2. The molecule has 6 aromatic rings. The molecule has 1 heterocycles. The maximum atomic E-state index is 12.3. The zero-order valence-electron chi connectivity index (χ0n) is 31.5. The quantitative estimate of drug-likeness (QED) is 0.0537. The van der Waals surface area contributed by atoms with E-state index < -0.39 is 50.3 Å². The van der Waals surface area contributed by atoms with Crippen molar-refractivity contribution in [1.82, 2.24) is 4.98 Å². The van der Waals surface area contributed by atoms with E-state index in [2.05, 4.69) is 36.8 Å². The number of benzene rings is 5. The number of azo groups is 2. The summed E-state index contributed by atoms with van der Waals surface area (Å²) in [5.74, 6) is 0.0333. The first kappa shape index (κ1) is 45.3. The fraction of sp³-hybridized carbons (Fsp3) is 0.0811. The molecule has 0 radical (unpaired) electrons. The third-order valence-electron chi connectivity index (χ3n) is 8.85. The molecule has 6 rings (SSSR count). The van der Waals surface area contributed by atoms with Crippen LogP contribution in [0.25, 0.3) is 10.8 Å². The zero-order chi connectivity index (χ0) is 45.4. The second-order valence-electron chi connectivity index (χ2n) is 12.9. The number of hydrogen-bond donors (Lipinski definition) is 5. The van der Waals surface area contributed by atoms with Crippen molar-refractivity contribution in [2.75, 3.05) is 12.4 Å². The Morgan fingerprint density at radius 2 is 1.31 bits per heavy atom. The van der Waals surface area contributed by atoms with Crippen molar-refractivity contribution >= 4 is 97.1 Å². The first-order valence-electron chi connectivity index (χ1n) is 17.0. The molecule has 0 spiro atoms. The summed E-state index contributed by atoms with van der Waals surface area (Å²) in [6.07, 6.45) is 0.000754. The highest BCUT2D eigenvalue weighted by atomic mass is 35.5. The van der Waals surface area contributed by atoms with E-state index in [0.29, 0.717) is 5.56 Å². The molecule has 0 saturated heterocycles. The van der Waals surface area contributed by atoms with Gasteiger partial charge < -0.3 is 10.1 Å². The first-order chi connectivity index (χ1) is 29.0. The molecule has 0 aliphatic rings. The molecule has 0 saturated carbocycles. The number of aromatic nitrogens is 1. The number of ether oxygens (including phenoxy) is 1. The van der Waals surface area contributed by atoms with E-state index in [0.717, 1.165) is 30.3 Å². The summed E-state index contributed by atoms with van der Waals surface area (Å²) in [5, 5.41) is 29.3. The number of fused-ring (bicyclic) bond motifs is 1. The lowest BCUT2D eigenvalue weighted by Gasteiger charge is -2.15. The van der Waals surface area contributed by atoms with Gasteiger partial charge in [0.05, 0.1) is 38.9 Å². The van der Waals surface area contributed by atoms with E-state index in [4.69, 9.17) is 16.3 Å². The van der Waals surface area contributed by atoms with Crippen LogP contribution in [0.15, 0.2) is 131 Å². The van der Waals surface area contributed by atoms with Crippen LogP contribution in [0.4, 0.5) is 34.3 Å². The fourth-order valence-electron chi connectivity index (χ4n) is 5.93. The Bertz CT molecular complexity index is 3360. The van der Waals surface area contributed by atoms with E-state index in [-0.39, 0.29) is 88.8 Å². The molecule has 20 nitrogen and oxygen atoms in total. The van der Waals surface area contributed by atoms with Gasteiger partial charge in [0, 0.05) is 34.5 Å². The second-order valence-corrected chi connectivity index (χ2v) is 18.9. The van der Waals surface area contributed by atoms with Crippen LogP contribution >= 0.6 is 11.6 Å². The number of methoxy groups -OCH3 is 1. The predicted octanol–water partition coefficient (Wildman–Crippen LogP) is 8.23. The second kappa shape index (κ2) is 17.2. The highest BCUT2D eigenvalue weighted by molar-refractivity contribution is 7.86. The average Bonchev–Trinajstić information content (AvgIpc) is 3.19. The summed E-state index contributed by atoms with van der Waals surface area (Å²) in [7, 11) is -17.5. The van der Waals surface area contributed by atoms with Gasteiger partial charge in [0.25, 0.3) is 40.5 Å². The lowest BCUT2D eigenvalue weighted by atomic mass is 10.0. The number of rotatable bonds is 13. The minimum absolute atomic E-state index is 0.000754. The van der Waals surface area contributed by atoms with E-state index in [1.165, 1.54) is 67.8 Å². The summed E-state index contributed by atoms with van der Waals surface area (Å²) in [6.45, 7) is 1.55. The maximum Gasteiger partial charge on any atom is 0.295 e. The SMILES string of the molecule is COc1cc(N=Nc2cc(S(=O)(=O)O)c3cccc(S(=O)(=O)O)c3c2)c(Cl)cc1N=Nc1c(Nc2ccc(S(=O)(=O)O)cc2)nc(Cc2ccc(S(=O)(=O)O)cc2)c(C#N)c1C. The van der Waals surface area contributed by atoms with Crippen LogP contribution < -0.4 is 10.1 Å². The topological polar surface area (TPSA) is 325 Å². The predicted molar refractivity (Wildman–Crippen MR) is 222 cm³/mol. The number of anilines is 2. The van der Waals surface area contributed by atoms with Gasteiger partial charge in [-0.3, -0.25) is 18.2 Å². The molecule has 5 N–H and O–H groups in total. The van der Waals surface area contributed by atoms with Crippen molar-refractivity contribution in [2.45, 2.75) is 32.9 Å². The molecule has 0 aliphatic carbocycles. The van der Waals surface area contributed by atoms with Crippen molar-refractivity contribution in [3.05, 3.63) is 118 Å². The highest BCUT2D eigenvalue weighted by Gasteiger charge is 2.23. The van der Waals surface area contributed by atoms with Crippen LogP contribution in [0, 0.1) is 18.3 Å². The normalized spacial score (nSPS) is 12.5. The van der Waals surface area contributed by atoms with Crippen molar-refractivity contribution < 1.29 is 56.6 Å². The third-order valence-corrected chi connectivity index (χ3v) is 12.7. The molecular formula is C37H28ClN7O13S4. The maximum absolute atomic E-state index is 12.3. The molecule has 0 unspecified atom stereocenters. The molecule has 1 aromatic heterocycles. The molecule has 0 atom stereocenters. The number of nitrogens with one attached hydrogen (secondary N) is 1. The van der Waals surface area contributed by atoms with Crippen LogP contribution in [0.1, 0.15) is 22.4 Å². The number of nitrogens with zero attached hydrogens (tertiary/aromatic N) is 6. The van der Waals surface area contributed by atoms with Crippen molar-refractivity contribution in [1.29, 1.82) is 5.26 Å². The molecule has 25 heteroatoms. The number of nitriles is 1. The highest BCUT2D eigenvalue weighted by Crippen LogP contribution is 2.42. The number of halogens is 1. The average molecular weight is 942 g/mol. The summed E-state index contributed by atoms with van der Waals surface area (Å²) >= 11 is 6.55.